The number of sulfonamides is 1. The van der Waals surface area contributed by atoms with E-state index in [-0.39, 0.29) is 10.4 Å². The Morgan fingerprint density at radius 1 is 1.25 bits per heavy atom. The predicted octanol–water partition coefficient (Wildman–Crippen LogP) is -1.07. The summed E-state index contributed by atoms with van der Waals surface area (Å²) in [7, 11) is -2.37. The topological polar surface area (TPSA) is 77.8 Å². The van der Waals surface area contributed by atoms with Crippen LogP contribution in [0.1, 0.15) is 5.56 Å². The van der Waals surface area contributed by atoms with Crippen LogP contribution in [0.2, 0.25) is 0 Å². The van der Waals surface area contributed by atoms with Crippen LogP contribution in [0.3, 0.4) is 0 Å². The van der Waals surface area contributed by atoms with E-state index in [1.54, 1.807) is 13.0 Å². The maximum Gasteiger partial charge on any atom is 0.488 e. The van der Waals surface area contributed by atoms with E-state index < -0.39 is 17.1 Å². The van der Waals surface area contributed by atoms with E-state index in [1.165, 1.54) is 26.2 Å². The lowest BCUT2D eigenvalue weighted by Crippen LogP contribution is -2.32. The minimum atomic E-state index is -3.55. The molecular weight excluding hydrogens is 229 g/mol. The van der Waals surface area contributed by atoms with E-state index in [1.807, 2.05) is 0 Å². The largest absolute Gasteiger partial charge is 0.488 e. The molecule has 1 rings (SSSR count). The number of rotatable bonds is 3. The van der Waals surface area contributed by atoms with E-state index in [0.717, 1.165) is 4.31 Å². The van der Waals surface area contributed by atoms with Gasteiger partial charge in [-0.2, -0.15) is 0 Å². The quantitative estimate of drug-likeness (QED) is 0.662. The van der Waals surface area contributed by atoms with Gasteiger partial charge in [0, 0.05) is 14.1 Å². The molecule has 1 aromatic rings. The van der Waals surface area contributed by atoms with Crippen LogP contribution in [0, 0.1) is 6.92 Å². The fourth-order valence-electron chi connectivity index (χ4n) is 1.25. The third kappa shape index (κ3) is 2.44. The van der Waals surface area contributed by atoms with Gasteiger partial charge in [0.15, 0.2) is 0 Å². The second-order valence-corrected chi connectivity index (χ2v) is 5.81. The molecule has 0 unspecified atom stereocenters. The van der Waals surface area contributed by atoms with Crippen molar-refractivity contribution in [3.8, 4) is 0 Å². The molecule has 2 N–H and O–H groups in total. The first kappa shape index (κ1) is 13.2. The Hall–Kier alpha value is -0.885. The molecule has 7 heteroatoms. The summed E-state index contributed by atoms with van der Waals surface area (Å²) in [6.07, 6.45) is 0. The molecule has 16 heavy (non-hydrogen) atoms. The number of hydrogen-bond acceptors (Lipinski definition) is 4. The van der Waals surface area contributed by atoms with Crippen molar-refractivity contribution < 1.29 is 18.5 Å². The highest BCUT2D eigenvalue weighted by Gasteiger charge is 2.22. The normalized spacial score (nSPS) is 11.9. The summed E-state index contributed by atoms with van der Waals surface area (Å²) in [6, 6.07) is 4.30. The Bertz CT molecular complexity index is 484. The summed E-state index contributed by atoms with van der Waals surface area (Å²) >= 11 is 0. The summed E-state index contributed by atoms with van der Waals surface area (Å²) in [5.74, 6) is 0. The van der Waals surface area contributed by atoms with Crippen molar-refractivity contribution in [3.63, 3.8) is 0 Å². The highest BCUT2D eigenvalue weighted by Crippen LogP contribution is 2.16. The zero-order valence-corrected chi connectivity index (χ0v) is 10.2. The Morgan fingerprint density at radius 3 is 2.25 bits per heavy atom. The lowest BCUT2D eigenvalue weighted by molar-refractivity contribution is 0.425. The molecule has 0 saturated carbocycles. The molecule has 0 bridgehead atoms. The second-order valence-electron chi connectivity index (χ2n) is 3.69. The van der Waals surface area contributed by atoms with Gasteiger partial charge in [-0.1, -0.05) is 12.1 Å². The Kier molecular flexibility index (Phi) is 3.74. The van der Waals surface area contributed by atoms with Gasteiger partial charge < -0.3 is 10.0 Å². The van der Waals surface area contributed by atoms with Gasteiger partial charge in [0.1, 0.15) is 0 Å². The SMILES string of the molecule is Cc1ccc(B(O)O)cc1S(=O)(=O)N(C)C. The molecule has 0 aliphatic rings. The van der Waals surface area contributed by atoms with Crippen LogP contribution >= 0.6 is 0 Å². The smallest absolute Gasteiger partial charge is 0.423 e. The fourth-order valence-corrected chi connectivity index (χ4v) is 2.41. The molecule has 0 amide bonds. The van der Waals surface area contributed by atoms with Crippen molar-refractivity contribution in [2.45, 2.75) is 11.8 Å². The zero-order valence-electron chi connectivity index (χ0n) is 9.38. The molecule has 0 aliphatic heterocycles. The molecule has 0 radical (unpaired) electrons. The van der Waals surface area contributed by atoms with Gasteiger partial charge in [0.2, 0.25) is 10.0 Å². The lowest BCUT2D eigenvalue weighted by Gasteiger charge is -2.14. The van der Waals surface area contributed by atoms with Crippen molar-refractivity contribution in [1.29, 1.82) is 0 Å². The summed E-state index contributed by atoms with van der Waals surface area (Å²) in [4.78, 5) is 0.0862. The lowest BCUT2D eigenvalue weighted by atomic mass is 9.80. The average Bonchev–Trinajstić information content (AvgIpc) is 2.17. The molecule has 0 saturated heterocycles. The van der Waals surface area contributed by atoms with Gasteiger partial charge in [-0.15, -0.1) is 0 Å². The first-order valence-corrected chi connectivity index (χ1v) is 6.10. The summed E-state index contributed by atoms with van der Waals surface area (Å²) in [6.45, 7) is 1.66. The van der Waals surface area contributed by atoms with Crippen molar-refractivity contribution in [2.75, 3.05) is 14.1 Å². The second kappa shape index (κ2) is 4.54. The van der Waals surface area contributed by atoms with E-state index in [4.69, 9.17) is 10.0 Å². The van der Waals surface area contributed by atoms with Crippen LogP contribution in [0.5, 0.6) is 0 Å². The highest BCUT2D eigenvalue weighted by atomic mass is 32.2. The van der Waals surface area contributed by atoms with Crippen LogP contribution in [-0.4, -0.2) is 44.0 Å². The monoisotopic (exact) mass is 243 g/mol. The van der Waals surface area contributed by atoms with E-state index >= 15 is 0 Å². The zero-order chi connectivity index (χ0) is 12.5. The molecule has 0 heterocycles. The number of hydrogen-bond donors (Lipinski definition) is 2. The van der Waals surface area contributed by atoms with Gasteiger partial charge in [0.25, 0.3) is 0 Å². The van der Waals surface area contributed by atoms with Crippen LogP contribution in [0.25, 0.3) is 0 Å². The standard InChI is InChI=1S/C9H14BNO4S/c1-7-4-5-8(10(12)13)6-9(7)16(14,15)11(2)3/h4-6,12-13H,1-3H3. The molecule has 0 fully saturated rings. The van der Waals surface area contributed by atoms with E-state index in [9.17, 15) is 8.42 Å². The number of aryl methyl sites for hydroxylation is 1. The first-order chi connectivity index (χ1) is 7.26. The molecular formula is C9H14BNO4S. The number of nitrogens with zero attached hydrogens (tertiary/aromatic N) is 1. The molecule has 0 atom stereocenters. The molecule has 1 aromatic carbocycles. The Morgan fingerprint density at radius 2 is 1.81 bits per heavy atom. The summed E-state index contributed by atoms with van der Waals surface area (Å²) in [5.41, 5.74) is 0.726. The number of benzene rings is 1. The molecule has 88 valence electrons. The van der Waals surface area contributed by atoms with Crippen molar-refractivity contribution >= 4 is 22.6 Å². The van der Waals surface area contributed by atoms with Crippen LogP contribution < -0.4 is 5.46 Å². The summed E-state index contributed by atoms with van der Waals surface area (Å²) in [5, 5.41) is 18.0. The van der Waals surface area contributed by atoms with E-state index in [2.05, 4.69) is 0 Å². The average molecular weight is 243 g/mol. The van der Waals surface area contributed by atoms with Crippen LogP contribution in [-0.2, 0) is 10.0 Å². The molecule has 0 aliphatic carbocycles. The van der Waals surface area contributed by atoms with Gasteiger partial charge in [-0.25, -0.2) is 12.7 Å². The van der Waals surface area contributed by atoms with Gasteiger partial charge in [-0.05, 0) is 24.0 Å². The van der Waals surface area contributed by atoms with Crippen molar-refractivity contribution in [1.82, 2.24) is 4.31 Å². The minimum Gasteiger partial charge on any atom is -0.423 e. The maximum atomic E-state index is 11.9. The van der Waals surface area contributed by atoms with Crippen LogP contribution in [0.15, 0.2) is 23.1 Å². The van der Waals surface area contributed by atoms with Crippen molar-refractivity contribution in [2.24, 2.45) is 0 Å². The van der Waals surface area contributed by atoms with Gasteiger partial charge in [0.05, 0.1) is 4.90 Å². The van der Waals surface area contributed by atoms with Crippen LogP contribution in [0.4, 0.5) is 0 Å². The molecule has 5 nitrogen and oxygen atoms in total. The minimum absolute atomic E-state index is 0.0862. The van der Waals surface area contributed by atoms with E-state index in [0.29, 0.717) is 5.56 Å². The highest BCUT2D eigenvalue weighted by molar-refractivity contribution is 7.89. The first-order valence-electron chi connectivity index (χ1n) is 4.66. The molecule has 0 aromatic heterocycles. The fraction of sp³-hybridized carbons (Fsp3) is 0.333. The van der Waals surface area contributed by atoms with Gasteiger partial charge in [-0.3, -0.25) is 0 Å². The van der Waals surface area contributed by atoms with Gasteiger partial charge >= 0.3 is 7.12 Å². The third-order valence-electron chi connectivity index (χ3n) is 2.27. The van der Waals surface area contributed by atoms with Crippen molar-refractivity contribution in [3.05, 3.63) is 23.8 Å². The Balaban J connectivity index is 3.39. The maximum absolute atomic E-state index is 11.9. The molecule has 0 spiro atoms. The summed E-state index contributed by atoms with van der Waals surface area (Å²) < 4.78 is 24.9. The Labute approximate surface area is 95.5 Å². The predicted molar refractivity (Wildman–Crippen MR) is 61.9 cm³/mol. The third-order valence-corrected chi connectivity index (χ3v) is 4.23.